The maximum absolute atomic E-state index is 12.4. The summed E-state index contributed by atoms with van der Waals surface area (Å²) in [6.45, 7) is 3.22. The van der Waals surface area contributed by atoms with Crippen LogP contribution in [-0.4, -0.2) is 46.8 Å². The first-order valence-electron chi connectivity index (χ1n) is 7.61. The van der Waals surface area contributed by atoms with Crippen LogP contribution in [0.5, 0.6) is 0 Å². The minimum absolute atomic E-state index is 0.00704. The molecular formula is C16H23N3O2S. The van der Waals surface area contributed by atoms with E-state index in [0.717, 1.165) is 25.1 Å². The van der Waals surface area contributed by atoms with E-state index in [1.807, 2.05) is 30.2 Å². The van der Waals surface area contributed by atoms with E-state index in [1.54, 1.807) is 24.0 Å². The van der Waals surface area contributed by atoms with Crippen molar-refractivity contribution >= 4 is 29.4 Å². The van der Waals surface area contributed by atoms with Gasteiger partial charge in [0.05, 0.1) is 5.92 Å². The zero-order valence-electron chi connectivity index (χ0n) is 13.1. The van der Waals surface area contributed by atoms with Crippen molar-refractivity contribution < 1.29 is 9.59 Å². The predicted octanol–water partition coefficient (Wildman–Crippen LogP) is 2.26. The van der Waals surface area contributed by atoms with E-state index in [4.69, 9.17) is 0 Å². The van der Waals surface area contributed by atoms with Gasteiger partial charge in [0.1, 0.15) is 5.82 Å². The first kappa shape index (κ1) is 16.8. The highest BCUT2D eigenvalue weighted by Crippen LogP contribution is 2.20. The second kappa shape index (κ2) is 8.17. The Hall–Kier alpha value is -1.56. The van der Waals surface area contributed by atoms with E-state index < -0.39 is 0 Å². The van der Waals surface area contributed by atoms with Gasteiger partial charge in [-0.3, -0.25) is 9.59 Å². The van der Waals surface area contributed by atoms with Crippen LogP contribution >= 0.6 is 11.8 Å². The van der Waals surface area contributed by atoms with Gasteiger partial charge in [-0.15, -0.1) is 0 Å². The molecule has 0 aliphatic carbocycles. The molecule has 1 fully saturated rings. The van der Waals surface area contributed by atoms with Gasteiger partial charge in [0.15, 0.2) is 0 Å². The molecule has 2 atom stereocenters. The molecule has 0 aromatic carbocycles. The van der Waals surface area contributed by atoms with Gasteiger partial charge in [-0.2, -0.15) is 11.8 Å². The molecule has 1 aliphatic heterocycles. The summed E-state index contributed by atoms with van der Waals surface area (Å²) in [6.07, 6.45) is 5.34. The number of amides is 2. The molecule has 5 nitrogen and oxygen atoms in total. The molecular weight excluding hydrogens is 298 g/mol. The third-order valence-corrected chi connectivity index (χ3v) is 4.69. The number of hydrogen-bond acceptors (Lipinski definition) is 4. The van der Waals surface area contributed by atoms with E-state index >= 15 is 0 Å². The molecule has 6 heteroatoms. The Kier molecular flexibility index (Phi) is 6.24. The van der Waals surface area contributed by atoms with Crippen molar-refractivity contribution in [1.29, 1.82) is 0 Å². The summed E-state index contributed by atoms with van der Waals surface area (Å²) in [5.74, 6) is 1.35. The summed E-state index contributed by atoms with van der Waals surface area (Å²) in [7, 11) is 0. The summed E-state index contributed by atoms with van der Waals surface area (Å²) >= 11 is 1.68. The fraction of sp³-hybridized carbons (Fsp3) is 0.562. The Labute approximate surface area is 135 Å². The number of carbonyl (C=O) groups is 2. The number of aromatic nitrogens is 1. The van der Waals surface area contributed by atoms with Gasteiger partial charge in [-0.25, -0.2) is 4.98 Å². The zero-order chi connectivity index (χ0) is 15.9. The van der Waals surface area contributed by atoms with Gasteiger partial charge >= 0.3 is 0 Å². The number of pyridine rings is 1. The topological polar surface area (TPSA) is 62.3 Å². The van der Waals surface area contributed by atoms with Crippen LogP contribution in [0.1, 0.15) is 19.8 Å². The monoisotopic (exact) mass is 321 g/mol. The molecule has 1 aliphatic rings. The second-order valence-electron chi connectivity index (χ2n) is 5.68. The Morgan fingerprint density at radius 2 is 2.32 bits per heavy atom. The van der Waals surface area contributed by atoms with Crippen molar-refractivity contribution in [2.24, 2.45) is 11.8 Å². The van der Waals surface area contributed by atoms with Crippen molar-refractivity contribution in [3.63, 3.8) is 0 Å². The van der Waals surface area contributed by atoms with Gasteiger partial charge in [0.25, 0.3) is 0 Å². The Morgan fingerprint density at radius 1 is 1.50 bits per heavy atom. The van der Waals surface area contributed by atoms with Crippen molar-refractivity contribution in [1.82, 2.24) is 9.88 Å². The van der Waals surface area contributed by atoms with Crippen molar-refractivity contribution in [2.45, 2.75) is 19.8 Å². The Morgan fingerprint density at radius 3 is 3.00 bits per heavy atom. The Bertz CT molecular complexity index is 509. The van der Waals surface area contributed by atoms with E-state index in [0.29, 0.717) is 12.4 Å². The van der Waals surface area contributed by atoms with Crippen LogP contribution in [0.25, 0.3) is 0 Å². The van der Waals surface area contributed by atoms with Crippen molar-refractivity contribution in [3.8, 4) is 0 Å². The molecule has 0 saturated carbocycles. The number of hydrogen-bond donors (Lipinski definition) is 1. The third-order valence-electron chi connectivity index (χ3n) is 3.86. The standard InChI is InChI=1S/C16H23N3O2S/c1-12(11-22-2)16(21)19-9-5-6-13(10-19)15(20)18-14-7-3-4-8-17-14/h3-4,7-8,12-13H,5-6,9-11H2,1-2H3,(H,17,18,20). The molecule has 1 aromatic rings. The maximum atomic E-state index is 12.4. The molecule has 2 heterocycles. The molecule has 1 aromatic heterocycles. The molecule has 120 valence electrons. The van der Waals surface area contributed by atoms with Crippen molar-refractivity contribution in [2.75, 3.05) is 30.4 Å². The SMILES string of the molecule is CSCC(C)C(=O)N1CCCC(C(=O)Nc2ccccn2)C1. The highest BCUT2D eigenvalue weighted by Gasteiger charge is 2.30. The molecule has 0 bridgehead atoms. The van der Waals surface area contributed by atoms with Gasteiger partial charge in [-0.05, 0) is 31.2 Å². The fourth-order valence-electron chi connectivity index (χ4n) is 2.69. The van der Waals surface area contributed by atoms with Gasteiger partial charge < -0.3 is 10.2 Å². The number of likely N-dealkylation sites (tertiary alicyclic amines) is 1. The first-order valence-corrected chi connectivity index (χ1v) is 9.01. The number of piperidine rings is 1. The van der Waals surface area contributed by atoms with E-state index in [-0.39, 0.29) is 23.7 Å². The number of carbonyl (C=O) groups excluding carboxylic acids is 2. The van der Waals surface area contributed by atoms with Crippen molar-refractivity contribution in [3.05, 3.63) is 24.4 Å². The first-order chi connectivity index (χ1) is 10.6. The Balaban J connectivity index is 1.92. The molecule has 2 rings (SSSR count). The smallest absolute Gasteiger partial charge is 0.230 e. The summed E-state index contributed by atoms with van der Waals surface area (Å²) < 4.78 is 0. The lowest BCUT2D eigenvalue weighted by molar-refractivity contribution is -0.137. The molecule has 22 heavy (non-hydrogen) atoms. The zero-order valence-corrected chi connectivity index (χ0v) is 13.9. The number of rotatable bonds is 5. The number of nitrogens with one attached hydrogen (secondary N) is 1. The van der Waals surface area contributed by atoms with Crippen LogP contribution in [0, 0.1) is 11.8 Å². The van der Waals surface area contributed by atoms with Crippen LogP contribution in [0.15, 0.2) is 24.4 Å². The lowest BCUT2D eigenvalue weighted by Gasteiger charge is -2.33. The number of anilines is 1. The summed E-state index contributed by atoms with van der Waals surface area (Å²) in [5.41, 5.74) is 0. The van der Waals surface area contributed by atoms with Crippen LogP contribution < -0.4 is 5.32 Å². The fourth-order valence-corrected chi connectivity index (χ4v) is 3.33. The molecule has 2 unspecified atom stereocenters. The highest BCUT2D eigenvalue weighted by atomic mass is 32.2. The van der Waals surface area contributed by atoms with E-state index in [1.165, 1.54) is 0 Å². The van der Waals surface area contributed by atoms with E-state index in [2.05, 4.69) is 10.3 Å². The van der Waals surface area contributed by atoms with Crippen LogP contribution in [0.4, 0.5) is 5.82 Å². The average molecular weight is 321 g/mol. The number of thioether (sulfide) groups is 1. The molecule has 1 saturated heterocycles. The van der Waals surface area contributed by atoms with Gasteiger partial charge in [-0.1, -0.05) is 13.0 Å². The highest BCUT2D eigenvalue weighted by molar-refractivity contribution is 7.98. The predicted molar refractivity (Wildman–Crippen MR) is 89.7 cm³/mol. The van der Waals surface area contributed by atoms with E-state index in [9.17, 15) is 9.59 Å². The summed E-state index contributed by atoms with van der Waals surface area (Å²) in [5, 5.41) is 2.83. The van der Waals surface area contributed by atoms with Gasteiger partial charge in [0.2, 0.25) is 11.8 Å². The van der Waals surface area contributed by atoms with Crippen LogP contribution in [0.3, 0.4) is 0 Å². The van der Waals surface area contributed by atoms with Crippen LogP contribution in [0.2, 0.25) is 0 Å². The second-order valence-corrected chi connectivity index (χ2v) is 6.59. The largest absolute Gasteiger partial charge is 0.342 e. The van der Waals surface area contributed by atoms with Crippen LogP contribution in [-0.2, 0) is 9.59 Å². The summed E-state index contributed by atoms with van der Waals surface area (Å²) in [6, 6.07) is 5.41. The molecule has 1 N–H and O–H groups in total. The molecule has 0 spiro atoms. The minimum Gasteiger partial charge on any atom is -0.342 e. The quantitative estimate of drug-likeness (QED) is 0.903. The average Bonchev–Trinajstić information content (AvgIpc) is 2.55. The summed E-state index contributed by atoms with van der Waals surface area (Å²) in [4.78, 5) is 30.7. The molecule has 0 radical (unpaired) electrons. The lowest BCUT2D eigenvalue weighted by Crippen LogP contribution is -2.46. The maximum Gasteiger partial charge on any atom is 0.230 e. The third kappa shape index (κ3) is 4.47. The number of nitrogens with zero attached hydrogens (tertiary/aromatic N) is 2. The molecule has 2 amide bonds. The minimum atomic E-state index is -0.152. The normalized spacial score (nSPS) is 19.5. The van der Waals surface area contributed by atoms with Gasteiger partial charge in [0, 0.05) is 31.0 Å². The lowest BCUT2D eigenvalue weighted by atomic mass is 9.96.